The summed E-state index contributed by atoms with van der Waals surface area (Å²) in [5.41, 5.74) is -0.0465. The van der Waals surface area contributed by atoms with Crippen LogP contribution in [0, 0.1) is 11.6 Å². The van der Waals surface area contributed by atoms with Crippen molar-refractivity contribution in [2.24, 2.45) is 0 Å². The van der Waals surface area contributed by atoms with E-state index in [9.17, 15) is 18.4 Å². The van der Waals surface area contributed by atoms with E-state index in [4.69, 9.17) is 0 Å². The van der Waals surface area contributed by atoms with Crippen LogP contribution >= 0.6 is 11.3 Å². The molecule has 1 aromatic carbocycles. The molecule has 2 amide bonds. The van der Waals surface area contributed by atoms with E-state index >= 15 is 0 Å². The fourth-order valence-corrected chi connectivity index (χ4v) is 3.55. The van der Waals surface area contributed by atoms with E-state index < -0.39 is 17.7 Å². The molecule has 0 saturated carbocycles. The van der Waals surface area contributed by atoms with Gasteiger partial charge in [-0.3, -0.25) is 14.5 Å². The van der Waals surface area contributed by atoms with Gasteiger partial charge in [-0.05, 0) is 30.5 Å². The van der Waals surface area contributed by atoms with Gasteiger partial charge in [0, 0.05) is 32.2 Å². The molecular formula is C18H19F2N3O2S. The van der Waals surface area contributed by atoms with Crippen LogP contribution in [-0.2, 0) is 4.79 Å². The van der Waals surface area contributed by atoms with Gasteiger partial charge < -0.3 is 10.2 Å². The Kier molecular flexibility index (Phi) is 5.63. The molecule has 138 valence electrons. The van der Waals surface area contributed by atoms with Gasteiger partial charge in [-0.25, -0.2) is 8.78 Å². The number of anilines is 1. The molecule has 1 aliphatic heterocycles. The van der Waals surface area contributed by atoms with Crippen LogP contribution in [0.3, 0.4) is 0 Å². The second-order valence-electron chi connectivity index (χ2n) is 6.09. The lowest BCUT2D eigenvalue weighted by atomic mass is 10.2. The molecular weight excluding hydrogens is 360 g/mol. The van der Waals surface area contributed by atoms with Crippen molar-refractivity contribution in [1.29, 1.82) is 0 Å². The van der Waals surface area contributed by atoms with Gasteiger partial charge in [-0.1, -0.05) is 6.07 Å². The summed E-state index contributed by atoms with van der Waals surface area (Å²) in [7, 11) is 0. The zero-order valence-corrected chi connectivity index (χ0v) is 15.1. The molecule has 2 aromatic rings. The highest BCUT2D eigenvalue weighted by Gasteiger charge is 2.28. The minimum Gasteiger partial charge on any atom is -0.335 e. The Morgan fingerprint density at radius 3 is 2.50 bits per heavy atom. The second kappa shape index (κ2) is 7.92. The first-order valence-electron chi connectivity index (χ1n) is 8.28. The molecule has 2 heterocycles. The third-order valence-electron chi connectivity index (χ3n) is 4.45. The first kappa shape index (κ1) is 18.5. The molecule has 1 N–H and O–H groups in total. The van der Waals surface area contributed by atoms with Gasteiger partial charge in [0.15, 0.2) is 0 Å². The summed E-state index contributed by atoms with van der Waals surface area (Å²) >= 11 is 1.41. The highest BCUT2D eigenvalue weighted by Crippen LogP contribution is 2.17. The summed E-state index contributed by atoms with van der Waals surface area (Å²) in [5.74, 6) is -1.87. The number of hydrogen-bond acceptors (Lipinski definition) is 4. The topological polar surface area (TPSA) is 52.7 Å². The minimum atomic E-state index is -0.808. The van der Waals surface area contributed by atoms with Crippen LogP contribution < -0.4 is 5.32 Å². The second-order valence-corrected chi connectivity index (χ2v) is 7.04. The number of hydrogen-bond donors (Lipinski definition) is 1. The van der Waals surface area contributed by atoms with Gasteiger partial charge in [0.2, 0.25) is 5.91 Å². The Morgan fingerprint density at radius 1 is 1.15 bits per heavy atom. The van der Waals surface area contributed by atoms with Crippen molar-refractivity contribution < 1.29 is 18.4 Å². The van der Waals surface area contributed by atoms with E-state index in [1.807, 2.05) is 16.3 Å². The number of piperazine rings is 1. The highest BCUT2D eigenvalue weighted by molar-refractivity contribution is 7.12. The third kappa shape index (κ3) is 4.08. The highest BCUT2D eigenvalue weighted by atomic mass is 32.1. The molecule has 1 atom stereocenters. The maximum Gasteiger partial charge on any atom is 0.264 e. The van der Waals surface area contributed by atoms with Crippen molar-refractivity contribution in [3.63, 3.8) is 0 Å². The smallest absolute Gasteiger partial charge is 0.264 e. The zero-order valence-electron chi connectivity index (χ0n) is 14.2. The summed E-state index contributed by atoms with van der Waals surface area (Å²) in [5, 5.41) is 4.36. The summed E-state index contributed by atoms with van der Waals surface area (Å²) in [6.07, 6.45) is 0. The number of carbonyl (C=O) groups excluding carboxylic acids is 2. The third-order valence-corrected chi connectivity index (χ3v) is 5.31. The molecule has 5 nitrogen and oxygen atoms in total. The van der Waals surface area contributed by atoms with E-state index in [0.717, 1.165) is 12.1 Å². The van der Waals surface area contributed by atoms with Crippen LogP contribution in [0.2, 0.25) is 0 Å². The first-order valence-corrected chi connectivity index (χ1v) is 9.16. The largest absolute Gasteiger partial charge is 0.335 e. The Morgan fingerprint density at radius 2 is 1.88 bits per heavy atom. The number of nitrogens with one attached hydrogen (secondary N) is 1. The molecule has 0 radical (unpaired) electrons. The molecule has 1 unspecified atom stereocenters. The predicted molar refractivity (Wildman–Crippen MR) is 96.2 cm³/mol. The SMILES string of the molecule is CC(C(=O)Nc1ccc(F)cc1F)N1CCN(C(=O)c2cccs2)CC1. The molecule has 0 bridgehead atoms. The van der Waals surface area contributed by atoms with Crippen LogP contribution in [0.25, 0.3) is 0 Å². The molecule has 3 rings (SSSR count). The quantitative estimate of drug-likeness (QED) is 0.889. The van der Waals surface area contributed by atoms with Crippen LogP contribution in [0.1, 0.15) is 16.6 Å². The van der Waals surface area contributed by atoms with Crippen LogP contribution in [0.5, 0.6) is 0 Å². The van der Waals surface area contributed by atoms with Crippen molar-refractivity contribution in [1.82, 2.24) is 9.80 Å². The molecule has 1 aliphatic rings. The Labute approximate surface area is 154 Å². The molecule has 0 aliphatic carbocycles. The fraction of sp³-hybridized carbons (Fsp3) is 0.333. The number of halogens is 2. The summed E-state index contributed by atoms with van der Waals surface area (Å²) in [6.45, 7) is 3.89. The fourth-order valence-electron chi connectivity index (χ4n) is 2.86. The molecule has 1 saturated heterocycles. The number of amides is 2. The van der Waals surface area contributed by atoms with E-state index in [1.54, 1.807) is 17.9 Å². The molecule has 0 spiro atoms. The molecule has 8 heteroatoms. The number of nitrogens with zero attached hydrogens (tertiary/aromatic N) is 2. The monoisotopic (exact) mass is 379 g/mol. The molecule has 26 heavy (non-hydrogen) atoms. The number of carbonyl (C=O) groups is 2. The van der Waals surface area contributed by atoms with E-state index in [-0.39, 0.29) is 17.5 Å². The van der Waals surface area contributed by atoms with Crippen molar-refractivity contribution in [2.45, 2.75) is 13.0 Å². The standard InChI is InChI=1S/C18H19F2N3O2S/c1-12(17(24)21-15-5-4-13(19)11-14(15)20)22-6-8-23(9-7-22)18(25)16-3-2-10-26-16/h2-5,10-12H,6-9H2,1H3,(H,21,24). The summed E-state index contributed by atoms with van der Waals surface area (Å²) < 4.78 is 26.6. The van der Waals surface area contributed by atoms with Crippen molar-refractivity contribution in [2.75, 3.05) is 31.5 Å². The van der Waals surface area contributed by atoms with Gasteiger partial charge in [0.25, 0.3) is 5.91 Å². The maximum absolute atomic E-state index is 13.7. The normalized spacial score (nSPS) is 16.3. The van der Waals surface area contributed by atoms with Gasteiger partial charge in [-0.2, -0.15) is 0 Å². The average molecular weight is 379 g/mol. The van der Waals surface area contributed by atoms with E-state index in [0.29, 0.717) is 31.1 Å². The van der Waals surface area contributed by atoms with E-state index in [1.165, 1.54) is 17.4 Å². The Balaban J connectivity index is 1.55. The van der Waals surface area contributed by atoms with Crippen molar-refractivity contribution in [3.05, 3.63) is 52.2 Å². The van der Waals surface area contributed by atoms with E-state index in [2.05, 4.69) is 5.32 Å². The first-order chi connectivity index (χ1) is 12.5. The number of rotatable bonds is 4. The predicted octanol–water partition coefficient (Wildman–Crippen LogP) is 2.81. The van der Waals surface area contributed by atoms with Gasteiger partial charge in [0.05, 0.1) is 16.6 Å². The maximum atomic E-state index is 13.7. The van der Waals surface area contributed by atoms with Gasteiger partial charge >= 0.3 is 0 Å². The van der Waals surface area contributed by atoms with Crippen LogP contribution in [0.15, 0.2) is 35.7 Å². The molecule has 1 fully saturated rings. The van der Waals surface area contributed by atoms with Crippen LogP contribution in [0.4, 0.5) is 14.5 Å². The number of thiophene rings is 1. The molecule has 1 aromatic heterocycles. The summed E-state index contributed by atoms with van der Waals surface area (Å²) in [4.78, 5) is 29.1. The minimum absolute atomic E-state index is 0.00476. The Hall–Kier alpha value is -2.32. The Bertz CT molecular complexity index is 790. The number of benzene rings is 1. The average Bonchev–Trinajstić information content (AvgIpc) is 3.17. The zero-order chi connectivity index (χ0) is 18.7. The van der Waals surface area contributed by atoms with Crippen molar-refractivity contribution >= 4 is 28.8 Å². The lowest BCUT2D eigenvalue weighted by molar-refractivity contribution is -0.121. The van der Waals surface area contributed by atoms with Crippen molar-refractivity contribution in [3.8, 4) is 0 Å². The van der Waals surface area contributed by atoms with Gasteiger partial charge in [0.1, 0.15) is 11.6 Å². The summed E-state index contributed by atoms with van der Waals surface area (Å²) in [6, 6.07) is 6.18. The lowest BCUT2D eigenvalue weighted by Gasteiger charge is -2.37. The van der Waals surface area contributed by atoms with Crippen LogP contribution in [-0.4, -0.2) is 53.8 Å². The lowest BCUT2D eigenvalue weighted by Crippen LogP contribution is -2.54. The van der Waals surface area contributed by atoms with Gasteiger partial charge in [-0.15, -0.1) is 11.3 Å².